The Morgan fingerprint density at radius 1 is 1.33 bits per heavy atom. The summed E-state index contributed by atoms with van der Waals surface area (Å²) in [6, 6.07) is 4.73. The average Bonchev–Trinajstić information content (AvgIpc) is 2.56. The van der Waals surface area contributed by atoms with Gasteiger partial charge in [0.05, 0.1) is 18.1 Å². The third kappa shape index (κ3) is 4.90. The number of aryl methyl sites for hydroxylation is 1. The average molecular weight is 378 g/mol. The summed E-state index contributed by atoms with van der Waals surface area (Å²) in [6.45, 7) is 4.11. The van der Waals surface area contributed by atoms with Crippen LogP contribution in [0.25, 0.3) is 0 Å². The second-order valence-corrected chi connectivity index (χ2v) is 7.30. The van der Waals surface area contributed by atoms with Crippen molar-refractivity contribution in [2.24, 2.45) is 5.73 Å². The normalized spacial score (nSPS) is 15.6. The Labute approximate surface area is 149 Å². The van der Waals surface area contributed by atoms with Gasteiger partial charge in [0.1, 0.15) is 0 Å². The largest absolute Gasteiger partial charge is 0.379 e. The van der Waals surface area contributed by atoms with Crippen LogP contribution in [0, 0.1) is 6.92 Å². The minimum atomic E-state index is -3.62. The molecule has 1 aliphatic rings. The fraction of sp³-hybridized carbons (Fsp3) is 0.533. The monoisotopic (exact) mass is 377 g/mol. The van der Waals surface area contributed by atoms with Crippen molar-refractivity contribution in [3.05, 3.63) is 29.3 Å². The zero-order valence-electron chi connectivity index (χ0n) is 13.7. The summed E-state index contributed by atoms with van der Waals surface area (Å²) in [5.74, 6) is -0.295. The standard InChI is InChI=1S/C15H23N3O4S.ClH/c1-12-3-4-13(15(19)17-6-2-5-16)11-14(12)23(20,21)18-7-9-22-10-8-18;/h3-4,11H,2,5-10,16H2,1H3,(H,17,19);1H. The maximum Gasteiger partial charge on any atom is 0.251 e. The summed E-state index contributed by atoms with van der Waals surface area (Å²) >= 11 is 0. The lowest BCUT2D eigenvalue weighted by Crippen LogP contribution is -2.41. The quantitative estimate of drug-likeness (QED) is 0.703. The lowest BCUT2D eigenvalue weighted by atomic mass is 10.1. The van der Waals surface area contributed by atoms with Crippen molar-refractivity contribution in [1.82, 2.24) is 9.62 Å². The molecule has 0 atom stereocenters. The SMILES string of the molecule is Cc1ccc(C(=O)NCCCN)cc1S(=O)(=O)N1CCOCC1.Cl. The Kier molecular flexibility index (Phi) is 8.11. The summed E-state index contributed by atoms with van der Waals surface area (Å²) in [6.07, 6.45) is 0.677. The van der Waals surface area contributed by atoms with Gasteiger partial charge in [0, 0.05) is 25.2 Å². The first-order valence-corrected chi connectivity index (χ1v) is 9.07. The van der Waals surface area contributed by atoms with Gasteiger partial charge in [0.25, 0.3) is 5.91 Å². The van der Waals surface area contributed by atoms with Gasteiger partial charge < -0.3 is 15.8 Å². The highest BCUT2D eigenvalue weighted by molar-refractivity contribution is 7.89. The first-order valence-electron chi connectivity index (χ1n) is 7.63. The van der Waals surface area contributed by atoms with Crippen LogP contribution in [0.15, 0.2) is 23.1 Å². The van der Waals surface area contributed by atoms with Gasteiger partial charge in [-0.05, 0) is 37.6 Å². The van der Waals surface area contributed by atoms with E-state index in [1.807, 2.05) is 0 Å². The Morgan fingerprint density at radius 3 is 2.62 bits per heavy atom. The zero-order chi connectivity index (χ0) is 16.9. The molecule has 7 nitrogen and oxygen atoms in total. The highest BCUT2D eigenvalue weighted by Gasteiger charge is 2.28. The van der Waals surface area contributed by atoms with Crippen molar-refractivity contribution in [3.8, 4) is 0 Å². The number of amides is 1. The van der Waals surface area contributed by atoms with E-state index in [4.69, 9.17) is 10.5 Å². The van der Waals surface area contributed by atoms with Gasteiger partial charge in [-0.1, -0.05) is 6.07 Å². The van der Waals surface area contributed by atoms with Crippen LogP contribution in [-0.4, -0.2) is 58.0 Å². The lowest BCUT2D eigenvalue weighted by Gasteiger charge is -2.26. The smallest absolute Gasteiger partial charge is 0.251 e. The molecule has 0 spiro atoms. The van der Waals surface area contributed by atoms with E-state index >= 15 is 0 Å². The van der Waals surface area contributed by atoms with Gasteiger partial charge >= 0.3 is 0 Å². The predicted octanol–water partition coefficient (Wildman–Crippen LogP) is 0.516. The number of rotatable bonds is 6. The maximum absolute atomic E-state index is 12.8. The third-order valence-electron chi connectivity index (χ3n) is 3.70. The molecule has 0 saturated carbocycles. The number of nitrogens with two attached hydrogens (primary N) is 1. The Hall–Kier alpha value is -1.19. The third-order valence-corrected chi connectivity index (χ3v) is 5.75. The Morgan fingerprint density at radius 2 is 2.00 bits per heavy atom. The molecule has 136 valence electrons. The van der Waals surface area contributed by atoms with Gasteiger partial charge in [-0.3, -0.25) is 4.79 Å². The van der Waals surface area contributed by atoms with Crippen molar-refractivity contribution in [1.29, 1.82) is 0 Å². The number of hydrogen-bond donors (Lipinski definition) is 2. The number of morpholine rings is 1. The van der Waals surface area contributed by atoms with Crippen molar-refractivity contribution in [3.63, 3.8) is 0 Å². The highest BCUT2D eigenvalue weighted by atomic mass is 35.5. The number of hydrogen-bond acceptors (Lipinski definition) is 5. The number of nitrogens with one attached hydrogen (secondary N) is 1. The van der Waals surface area contributed by atoms with Gasteiger partial charge in [-0.2, -0.15) is 4.31 Å². The molecular formula is C15H24ClN3O4S. The molecule has 0 aliphatic carbocycles. The lowest BCUT2D eigenvalue weighted by molar-refractivity contribution is 0.0730. The molecule has 3 N–H and O–H groups in total. The molecule has 24 heavy (non-hydrogen) atoms. The second-order valence-electron chi connectivity index (χ2n) is 5.39. The van der Waals surface area contributed by atoms with E-state index in [1.165, 1.54) is 10.4 Å². The number of sulfonamides is 1. The van der Waals surface area contributed by atoms with Crippen molar-refractivity contribution < 1.29 is 17.9 Å². The topological polar surface area (TPSA) is 102 Å². The highest BCUT2D eigenvalue weighted by Crippen LogP contribution is 2.22. The predicted molar refractivity (Wildman–Crippen MR) is 94.0 cm³/mol. The number of halogens is 1. The Bertz CT molecular complexity index is 661. The number of benzene rings is 1. The molecule has 9 heteroatoms. The number of nitrogens with zero attached hydrogens (tertiary/aromatic N) is 1. The zero-order valence-corrected chi connectivity index (χ0v) is 15.3. The summed E-state index contributed by atoms with van der Waals surface area (Å²) in [5.41, 5.74) is 6.34. The Balaban J connectivity index is 0.00000288. The molecule has 0 radical (unpaired) electrons. The van der Waals surface area contributed by atoms with E-state index < -0.39 is 10.0 Å². The summed E-state index contributed by atoms with van der Waals surface area (Å²) in [4.78, 5) is 12.3. The second kappa shape index (κ2) is 9.33. The van der Waals surface area contributed by atoms with E-state index in [0.717, 1.165) is 0 Å². The van der Waals surface area contributed by atoms with Gasteiger partial charge in [0.15, 0.2) is 0 Å². The van der Waals surface area contributed by atoms with Crippen LogP contribution >= 0.6 is 12.4 Å². The van der Waals surface area contributed by atoms with Crippen LogP contribution in [-0.2, 0) is 14.8 Å². The molecule has 1 fully saturated rings. The van der Waals surface area contributed by atoms with Gasteiger partial charge in [-0.25, -0.2) is 8.42 Å². The first-order chi connectivity index (χ1) is 11.0. The van der Waals surface area contributed by atoms with E-state index in [9.17, 15) is 13.2 Å². The number of ether oxygens (including phenoxy) is 1. The van der Waals surface area contributed by atoms with E-state index in [2.05, 4.69) is 5.32 Å². The molecule has 2 rings (SSSR count). The van der Waals surface area contributed by atoms with Crippen molar-refractivity contribution in [2.45, 2.75) is 18.2 Å². The van der Waals surface area contributed by atoms with Crippen molar-refractivity contribution >= 4 is 28.3 Å². The summed E-state index contributed by atoms with van der Waals surface area (Å²) < 4.78 is 32.1. The first kappa shape index (κ1) is 20.9. The molecule has 1 saturated heterocycles. The molecule has 1 aromatic carbocycles. The van der Waals surface area contributed by atoms with Gasteiger partial charge in [0.2, 0.25) is 10.0 Å². The van der Waals surface area contributed by atoms with Crippen molar-refractivity contribution in [2.75, 3.05) is 39.4 Å². The van der Waals surface area contributed by atoms with Crippen LogP contribution in [0.5, 0.6) is 0 Å². The van der Waals surface area contributed by atoms with Gasteiger partial charge in [-0.15, -0.1) is 12.4 Å². The molecule has 1 heterocycles. The van der Waals surface area contributed by atoms with Crippen LogP contribution in [0.1, 0.15) is 22.3 Å². The fourth-order valence-electron chi connectivity index (χ4n) is 2.35. The molecule has 1 aromatic rings. The molecule has 1 amide bonds. The number of carbonyl (C=O) groups excluding carboxylic acids is 1. The minimum absolute atomic E-state index is 0. The summed E-state index contributed by atoms with van der Waals surface area (Å²) in [5, 5.41) is 2.73. The molecule has 1 aliphatic heterocycles. The molecule has 0 aromatic heterocycles. The van der Waals surface area contributed by atoms with Crippen LogP contribution in [0.2, 0.25) is 0 Å². The van der Waals surface area contributed by atoms with E-state index in [1.54, 1.807) is 19.1 Å². The van der Waals surface area contributed by atoms with Crippen LogP contribution < -0.4 is 11.1 Å². The number of carbonyl (C=O) groups is 1. The van der Waals surface area contributed by atoms with Crippen LogP contribution in [0.3, 0.4) is 0 Å². The molecule has 0 unspecified atom stereocenters. The maximum atomic E-state index is 12.8. The fourth-order valence-corrected chi connectivity index (χ4v) is 4.01. The molecule has 0 bridgehead atoms. The van der Waals surface area contributed by atoms with E-state index in [-0.39, 0.29) is 23.2 Å². The van der Waals surface area contributed by atoms with E-state index in [0.29, 0.717) is 56.9 Å². The minimum Gasteiger partial charge on any atom is -0.379 e. The van der Waals surface area contributed by atoms with Crippen LogP contribution in [0.4, 0.5) is 0 Å². The summed E-state index contributed by atoms with van der Waals surface area (Å²) in [7, 11) is -3.62. The molecular weight excluding hydrogens is 354 g/mol.